The smallest absolute Gasteiger partial charge is 0.334 e. The topological polar surface area (TPSA) is 63.7 Å². The van der Waals surface area contributed by atoms with Gasteiger partial charge >= 0.3 is 5.97 Å². The van der Waals surface area contributed by atoms with Crippen molar-refractivity contribution in [3.05, 3.63) is 41.5 Å². The maximum atomic E-state index is 13.1. The third-order valence-corrected chi connectivity index (χ3v) is 7.04. The van der Waals surface area contributed by atoms with Gasteiger partial charge < -0.3 is 4.74 Å². The van der Waals surface area contributed by atoms with Crippen molar-refractivity contribution < 1.29 is 19.1 Å². The summed E-state index contributed by atoms with van der Waals surface area (Å²) >= 11 is 0. The zero-order valence-corrected chi connectivity index (χ0v) is 15.7. The van der Waals surface area contributed by atoms with Crippen molar-refractivity contribution in [2.45, 2.75) is 33.2 Å². The zero-order chi connectivity index (χ0) is 19.0. The van der Waals surface area contributed by atoms with Crippen molar-refractivity contribution in [2.75, 3.05) is 0 Å². The predicted molar refractivity (Wildman–Crippen MR) is 97.6 cm³/mol. The number of carbonyl (C=O) groups excluding carboxylic acids is 3. The average molecular weight is 365 g/mol. The molecular formula is C22H23NO4. The van der Waals surface area contributed by atoms with Gasteiger partial charge in [0, 0.05) is 0 Å². The minimum absolute atomic E-state index is 0.160. The molecule has 1 aromatic rings. The van der Waals surface area contributed by atoms with Crippen LogP contribution in [0, 0.1) is 49.4 Å². The molecular weight excluding hydrogens is 342 g/mol. The van der Waals surface area contributed by atoms with Gasteiger partial charge in [-0.1, -0.05) is 30.4 Å². The number of hydrogen-bond acceptors (Lipinski definition) is 4. The molecule has 5 heteroatoms. The second-order valence-electron chi connectivity index (χ2n) is 8.52. The van der Waals surface area contributed by atoms with Crippen LogP contribution in [0.4, 0.5) is 0 Å². The zero-order valence-electron chi connectivity index (χ0n) is 15.7. The van der Waals surface area contributed by atoms with Gasteiger partial charge in [0.15, 0.2) is 0 Å². The largest absolute Gasteiger partial charge is 0.424 e. The van der Waals surface area contributed by atoms with Crippen molar-refractivity contribution in [1.82, 2.24) is 4.90 Å². The molecule has 1 aromatic carbocycles. The number of carbonyl (C=O) groups is 3. The molecule has 2 saturated carbocycles. The summed E-state index contributed by atoms with van der Waals surface area (Å²) in [5.74, 6) is 0.415. The van der Waals surface area contributed by atoms with Gasteiger partial charge in [-0.05, 0) is 62.0 Å². The number of likely N-dealkylation sites (tertiary alicyclic amines) is 1. The Labute approximate surface area is 158 Å². The quantitative estimate of drug-likeness (QED) is 0.358. The van der Waals surface area contributed by atoms with Crippen LogP contribution in [0.15, 0.2) is 30.4 Å². The summed E-state index contributed by atoms with van der Waals surface area (Å²) in [5.41, 5.74) is 1.70. The first-order valence-corrected chi connectivity index (χ1v) is 9.73. The molecule has 0 aromatic heterocycles. The van der Waals surface area contributed by atoms with Gasteiger partial charge in [0.1, 0.15) is 11.8 Å². The Balaban J connectivity index is 1.40. The number of ether oxygens (including phenoxy) is 1. The van der Waals surface area contributed by atoms with Crippen LogP contribution in [0.2, 0.25) is 0 Å². The molecule has 0 N–H and O–H groups in total. The fourth-order valence-electron chi connectivity index (χ4n) is 5.61. The molecule has 0 radical (unpaired) electrons. The molecule has 5 aliphatic rings. The highest BCUT2D eigenvalue weighted by Crippen LogP contribution is 2.65. The minimum Gasteiger partial charge on any atom is -0.424 e. The number of rotatable bonds is 3. The summed E-state index contributed by atoms with van der Waals surface area (Å²) < 4.78 is 5.60. The number of aryl methyl sites for hydroxylation is 2. The van der Waals surface area contributed by atoms with Gasteiger partial charge in [0.25, 0.3) is 0 Å². The molecule has 1 aliphatic heterocycles. The number of hydrogen-bond donors (Lipinski definition) is 0. The molecule has 4 aliphatic carbocycles. The third-order valence-electron chi connectivity index (χ3n) is 7.04. The lowest BCUT2D eigenvalue weighted by atomic mass is 9.63. The van der Waals surface area contributed by atoms with Crippen molar-refractivity contribution in [2.24, 2.45) is 35.5 Å². The van der Waals surface area contributed by atoms with Crippen molar-refractivity contribution in [3.63, 3.8) is 0 Å². The molecule has 1 heterocycles. The number of allylic oxidation sites excluding steroid dienone is 2. The highest BCUT2D eigenvalue weighted by Gasteiger charge is 2.67. The van der Waals surface area contributed by atoms with E-state index >= 15 is 0 Å². The van der Waals surface area contributed by atoms with E-state index in [1.165, 1.54) is 4.90 Å². The van der Waals surface area contributed by atoms with E-state index in [4.69, 9.17) is 4.74 Å². The molecule has 5 nitrogen and oxygen atoms in total. The Hall–Kier alpha value is -2.43. The molecule has 3 fully saturated rings. The van der Waals surface area contributed by atoms with Crippen molar-refractivity contribution in [3.8, 4) is 5.75 Å². The van der Waals surface area contributed by atoms with Gasteiger partial charge in [-0.3, -0.25) is 14.5 Å². The lowest BCUT2D eigenvalue weighted by molar-refractivity contribution is -0.152. The summed E-state index contributed by atoms with van der Waals surface area (Å²) in [6, 6.07) is 4.73. The van der Waals surface area contributed by atoms with E-state index in [0.717, 1.165) is 17.5 Å². The summed E-state index contributed by atoms with van der Waals surface area (Å²) in [5, 5.41) is 0. The molecule has 2 amide bonds. The summed E-state index contributed by atoms with van der Waals surface area (Å²) in [6.07, 6.45) is 5.39. The highest BCUT2D eigenvalue weighted by molar-refractivity contribution is 6.08. The number of esters is 1. The molecule has 7 atom stereocenters. The number of para-hydroxylation sites is 1. The molecule has 27 heavy (non-hydrogen) atoms. The first-order chi connectivity index (χ1) is 12.9. The van der Waals surface area contributed by atoms with Crippen LogP contribution in [-0.4, -0.2) is 28.7 Å². The van der Waals surface area contributed by atoms with E-state index in [2.05, 4.69) is 12.2 Å². The number of nitrogens with zero attached hydrogens (tertiary/aromatic N) is 1. The van der Waals surface area contributed by atoms with Crippen LogP contribution < -0.4 is 4.74 Å². The second-order valence-corrected chi connectivity index (χ2v) is 8.52. The lowest BCUT2D eigenvalue weighted by Gasteiger charge is -2.37. The van der Waals surface area contributed by atoms with Gasteiger partial charge in [0.05, 0.1) is 11.8 Å². The van der Waals surface area contributed by atoms with E-state index < -0.39 is 12.0 Å². The Kier molecular flexibility index (Phi) is 3.43. The summed E-state index contributed by atoms with van der Waals surface area (Å²) in [4.78, 5) is 40.2. The van der Waals surface area contributed by atoms with Crippen LogP contribution >= 0.6 is 0 Å². The predicted octanol–water partition coefficient (Wildman–Crippen LogP) is 2.65. The highest BCUT2D eigenvalue weighted by atomic mass is 16.5. The number of amides is 2. The fraction of sp³-hybridized carbons (Fsp3) is 0.500. The first-order valence-electron chi connectivity index (χ1n) is 9.73. The number of benzene rings is 1. The van der Waals surface area contributed by atoms with E-state index in [0.29, 0.717) is 17.6 Å². The van der Waals surface area contributed by atoms with Crippen LogP contribution in [0.1, 0.15) is 24.5 Å². The van der Waals surface area contributed by atoms with E-state index in [-0.39, 0.29) is 35.5 Å². The van der Waals surface area contributed by atoms with E-state index in [9.17, 15) is 14.4 Å². The van der Waals surface area contributed by atoms with Crippen LogP contribution in [-0.2, 0) is 14.4 Å². The monoisotopic (exact) mass is 365 g/mol. The average Bonchev–Trinajstić information content (AvgIpc) is 3.42. The Morgan fingerprint density at radius 3 is 2.07 bits per heavy atom. The van der Waals surface area contributed by atoms with E-state index in [1.807, 2.05) is 32.0 Å². The maximum absolute atomic E-state index is 13.1. The first kappa shape index (κ1) is 16.7. The summed E-state index contributed by atoms with van der Waals surface area (Å²) in [7, 11) is 0. The normalized spacial score (nSPS) is 36.5. The van der Waals surface area contributed by atoms with Gasteiger partial charge in [-0.2, -0.15) is 0 Å². The standard InChI is InChI=1S/C22H23NO4/c1-10-5-4-6-11(2)19(10)27-22(26)12(3)23-20(24)17-13-7-8-14(16-9-15(13)16)18(17)21(23)25/h4-8,12-18H,9H2,1-3H3/t12-,13-,14-,15-,16-,17-,18+/m0/s1. The second kappa shape index (κ2) is 5.54. The summed E-state index contributed by atoms with van der Waals surface area (Å²) in [6.45, 7) is 5.34. The Bertz CT molecular complexity index is 847. The van der Waals surface area contributed by atoms with Crippen LogP contribution in [0.25, 0.3) is 0 Å². The molecule has 6 rings (SSSR count). The number of imide groups is 1. The molecule has 2 bridgehead atoms. The molecule has 0 spiro atoms. The third kappa shape index (κ3) is 2.20. The van der Waals surface area contributed by atoms with Gasteiger partial charge in [0.2, 0.25) is 11.8 Å². The van der Waals surface area contributed by atoms with Gasteiger partial charge in [-0.25, -0.2) is 4.79 Å². The molecule has 0 unspecified atom stereocenters. The maximum Gasteiger partial charge on any atom is 0.334 e. The Morgan fingerprint density at radius 1 is 1.04 bits per heavy atom. The minimum atomic E-state index is -0.912. The van der Waals surface area contributed by atoms with Gasteiger partial charge in [-0.15, -0.1) is 0 Å². The van der Waals surface area contributed by atoms with Crippen molar-refractivity contribution in [1.29, 1.82) is 0 Å². The SMILES string of the molecule is Cc1cccc(C)c1OC(=O)[C@H](C)N1C(=O)[C@@H]2[C@H]3C=C[C@@H]([C@@H]4C[C@@H]34)[C@@H]2C1=O. The van der Waals surface area contributed by atoms with Crippen molar-refractivity contribution >= 4 is 17.8 Å². The Morgan fingerprint density at radius 2 is 1.56 bits per heavy atom. The fourth-order valence-corrected chi connectivity index (χ4v) is 5.61. The van der Waals surface area contributed by atoms with Crippen LogP contribution in [0.3, 0.4) is 0 Å². The molecule has 140 valence electrons. The van der Waals surface area contributed by atoms with E-state index in [1.54, 1.807) is 6.92 Å². The molecule has 1 saturated heterocycles. The van der Waals surface area contributed by atoms with Crippen LogP contribution in [0.5, 0.6) is 5.75 Å². The lowest BCUT2D eigenvalue weighted by Crippen LogP contribution is -2.45.